The van der Waals surface area contributed by atoms with Crippen molar-refractivity contribution in [2.45, 2.75) is 19.4 Å². The first-order chi connectivity index (χ1) is 14.2. The van der Waals surface area contributed by atoms with Crippen molar-refractivity contribution in [3.8, 4) is 0 Å². The number of rotatable bonds is 4. The normalized spacial score (nSPS) is 17.3. The van der Waals surface area contributed by atoms with Gasteiger partial charge >= 0.3 is 0 Å². The SMILES string of the molecule is CN=C(NCC(=O)N1CCCc2ccccc21)N1CCN(Cc2ccon2)CC1.I. The lowest BCUT2D eigenvalue weighted by atomic mass is 10.0. The Labute approximate surface area is 194 Å². The number of fused-ring (bicyclic) bond motifs is 1. The highest BCUT2D eigenvalue weighted by Crippen LogP contribution is 2.26. The summed E-state index contributed by atoms with van der Waals surface area (Å²) in [6.07, 6.45) is 3.65. The molecule has 4 rings (SSSR count). The van der Waals surface area contributed by atoms with Crippen LogP contribution >= 0.6 is 24.0 Å². The maximum Gasteiger partial charge on any atom is 0.246 e. The molecule has 162 valence electrons. The van der Waals surface area contributed by atoms with Crippen LogP contribution in [0.15, 0.2) is 46.1 Å². The number of carbonyl (C=O) groups is 1. The molecule has 1 N–H and O–H groups in total. The van der Waals surface area contributed by atoms with Crippen LogP contribution in [-0.4, -0.2) is 73.1 Å². The number of hydrogen-bond acceptors (Lipinski definition) is 5. The van der Waals surface area contributed by atoms with Crippen molar-refractivity contribution in [3.63, 3.8) is 0 Å². The Balaban J connectivity index is 0.00000256. The van der Waals surface area contributed by atoms with Crippen molar-refractivity contribution in [1.82, 2.24) is 20.3 Å². The molecule has 1 aromatic carbocycles. The number of amides is 1. The number of aryl methyl sites for hydroxylation is 1. The maximum absolute atomic E-state index is 12.9. The van der Waals surface area contributed by atoms with Crippen molar-refractivity contribution in [2.75, 3.05) is 51.2 Å². The third-order valence-corrected chi connectivity index (χ3v) is 5.57. The van der Waals surface area contributed by atoms with Gasteiger partial charge in [-0.3, -0.25) is 14.7 Å². The molecule has 0 unspecified atom stereocenters. The number of anilines is 1. The summed E-state index contributed by atoms with van der Waals surface area (Å²) < 4.78 is 4.91. The number of halogens is 1. The van der Waals surface area contributed by atoms with E-state index in [1.165, 1.54) is 5.56 Å². The quantitative estimate of drug-likeness (QED) is 0.375. The molecule has 0 atom stereocenters. The van der Waals surface area contributed by atoms with Crippen LogP contribution in [-0.2, 0) is 17.8 Å². The first-order valence-electron chi connectivity index (χ1n) is 10.2. The van der Waals surface area contributed by atoms with E-state index < -0.39 is 0 Å². The third kappa shape index (κ3) is 5.31. The minimum absolute atomic E-state index is 0. The highest BCUT2D eigenvalue weighted by molar-refractivity contribution is 14.0. The van der Waals surface area contributed by atoms with Crippen molar-refractivity contribution < 1.29 is 9.32 Å². The number of piperazine rings is 1. The first kappa shape index (κ1) is 22.5. The van der Waals surface area contributed by atoms with Gasteiger partial charge in [0, 0.05) is 58.1 Å². The average Bonchev–Trinajstić information content (AvgIpc) is 3.27. The summed E-state index contributed by atoms with van der Waals surface area (Å²) in [5, 5.41) is 7.25. The molecule has 9 heteroatoms. The summed E-state index contributed by atoms with van der Waals surface area (Å²) in [5.41, 5.74) is 3.25. The molecule has 0 spiro atoms. The number of aromatic nitrogens is 1. The fourth-order valence-corrected chi connectivity index (χ4v) is 4.04. The Morgan fingerprint density at radius 2 is 1.97 bits per heavy atom. The number of nitrogens with one attached hydrogen (secondary N) is 1. The van der Waals surface area contributed by atoms with Crippen LogP contribution in [0.25, 0.3) is 0 Å². The summed E-state index contributed by atoms with van der Waals surface area (Å²) in [5.74, 6) is 0.868. The second kappa shape index (κ2) is 10.8. The Morgan fingerprint density at radius 3 is 2.70 bits per heavy atom. The molecule has 2 aliphatic heterocycles. The van der Waals surface area contributed by atoms with E-state index in [1.54, 1.807) is 13.3 Å². The molecule has 1 amide bonds. The smallest absolute Gasteiger partial charge is 0.246 e. The van der Waals surface area contributed by atoms with Crippen LogP contribution in [0, 0.1) is 0 Å². The molecule has 0 saturated carbocycles. The third-order valence-electron chi connectivity index (χ3n) is 5.57. The van der Waals surface area contributed by atoms with Gasteiger partial charge in [0.25, 0.3) is 0 Å². The lowest BCUT2D eigenvalue weighted by molar-refractivity contribution is -0.117. The van der Waals surface area contributed by atoms with Gasteiger partial charge in [-0.15, -0.1) is 24.0 Å². The van der Waals surface area contributed by atoms with E-state index in [9.17, 15) is 4.79 Å². The van der Waals surface area contributed by atoms with Crippen molar-refractivity contribution in [2.24, 2.45) is 4.99 Å². The van der Waals surface area contributed by atoms with Crippen LogP contribution in [0.3, 0.4) is 0 Å². The highest BCUT2D eigenvalue weighted by atomic mass is 127. The number of guanidine groups is 1. The molecular weight excluding hydrogens is 495 g/mol. The average molecular weight is 524 g/mol. The largest absolute Gasteiger partial charge is 0.364 e. The Bertz CT molecular complexity index is 849. The Hall–Kier alpha value is -2.14. The molecule has 0 bridgehead atoms. The molecule has 8 nitrogen and oxygen atoms in total. The zero-order valence-corrected chi connectivity index (χ0v) is 19.6. The number of hydrogen-bond donors (Lipinski definition) is 1. The van der Waals surface area contributed by atoms with Gasteiger partial charge in [-0.25, -0.2) is 0 Å². The van der Waals surface area contributed by atoms with E-state index in [1.807, 2.05) is 29.2 Å². The van der Waals surface area contributed by atoms with Crippen LogP contribution in [0.4, 0.5) is 5.69 Å². The van der Waals surface area contributed by atoms with Gasteiger partial charge in [-0.2, -0.15) is 0 Å². The Kier molecular flexibility index (Phi) is 8.08. The summed E-state index contributed by atoms with van der Waals surface area (Å²) >= 11 is 0. The van der Waals surface area contributed by atoms with E-state index in [4.69, 9.17) is 4.52 Å². The number of para-hydroxylation sites is 1. The molecule has 0 aliphatic carbocycles. The Morgan fingerprint density at radius 1 is 1.17 bits per heavy atom. The molecule has 3 heterocycles. The highest BCUT2D eigenvalue weighted by Gasteiger charge is 2.24. The van der Waals surface area contributed by atoms with Crippen molar-refractivity contribution in [1.29, 1.82) is 0 Å². The minimum atomic E-state index is 0. The summed E-state index contributed by atoms with van der Waals surface area (Å²) in [4.78, 5) is 23.7. The van der Waals surface area contributed by atoms with Gasteiger partial charge in [0.05, 0.1) is 12.2 Å². The van der Waals surface area contributed by atoms with E-state index in [0.29, 0.717) is 0 Å². The molecule has 2 aliphatic rings. The molecule has 1 saturated heterocycles. The lowest BCUT2D eigenvalue weighted by Crippen LogP contribution is -2.53. The number of aliphatic imine (C=N–C) groups is 1. The predicted octanol–water partition coefficient (Wildman–Crippen LogP) is 1.96. The van der Waals surface area contributed by atoms with Crippen LogP contribution in [0.1, 0.15) is 17.7 Å². The molecule has 1 fully saturated rings. The monoisotopic (exact) mass is 524 g/mol. The van der Waals surface area contributed by atoms with Gasteiger partial charge in [0.1, 0.15) is 6.26 Å². The van der Waals surface area contributed by atoms with E-state index in [2.05, 4.69) is 31.3 Å². The van der Waals surface area contributed by atoms with Crippen LogP contribution in [0.5, 0.6) is 0 Å². The number of carbonyl (C=O) groups excluding carboxylic acids is 1. The molecular formula is C21H29IN6O2. The topological polar surface area (TPSA) is 77.2 Å². The number of nitrogens with zero attached hydrogens (tertiary/aromatic N) is 5. The second-order valence-corrected chi connectivity index (χ2v) is 7.43. The first-order valence-corrected chi connectivity index (χ1v) is 10.2. The van der Waals surface area contributed by atoms with E-state index in [0.717, 1.165) is 69.5 Å². The summed E-state index contributed by atoms with van der Waals surface area (Å²) in [7, 11) is 1.77. The zero-order chi connectivity index (χ0) is 20.1. The fourth-order valence-electron chi connectivity index (χ4n) is 4.04. The molecule has 2 aromatic rings. The molecule has 0 radical (unpaired) electrons. The van der Waals surface area contributed by atoms with Gasteiger partial charge < -0.3 is 19.6 Å². The van der Waals surface area contributed by atoms with Gasteiger partial charge in [0.2, 0.25) is 5.91 Å². The van der Waals surface area contributed by atoms with Crippen molar-refractivity contribution in [3.05, 3.63) is 47.9 Å². The van der Waals surface area contributed by atoms with E-state index >= 15 is 0 Å². The second-order valence-electron chi connectivity index (χ2n) is 7.43. The number of benzene rings is 1. The minimum Gasteiger partial charge on any atom is -0.364 e. The van der Waals surface area contributed by atoms with Gasteiger partial charge in [-0.1, -0.05) is 23.4 Å². The molecule has 1 aromatic heterocycles. The maximum atomic E-state index is 12.9. The summed E-state index contributed by atoms with van der Waals surface area (Å²) in [6, 6.07) is 10.1. The summed E-state index contributed by atoms with van der Waals surface area (Å²) in [6.45, 7) is 5.37. The van der Waals surface area contributed by atoms with Gasteiger partial charge in [0.15, 0.2) is 5.96 Å². The predicted molar refractivity (Wildman–Crippen MR) is 127 cm³/mol. The lowest BCUT2D eigenvalue weighted by Gasteiger charge is -2.36. The van der Waals surface area contributed by atoms with Gasteiger partial charge in [-0.05, 0) is 24.5 Å². The van der Waals surface area contributed by atoms with Crippen LogP contribution in [0.2, 0.25) is 0 Å². The zero-order valence-electron chi connectivity index (χ0n) is 17.3. The molecule has 30 heavy (non-hydrogen) atoms. The standard InChI is InChI=1S/C21H28N6O2.HI/c1-22-21(26-12-10-25(11-13-26)16-18-8-14-29-24-18)23-15-20(28)27-9-4-6-17-5-2-3-7-19(17)27;/h2-3,5,7-8,14H,4,6,9-13,15-16H2,1H3,(H,22,23);1H. The fraction of sp³-hybridized carbons (Fsp3) is 0.476. The van der Waals surface area contributed by atoms with Crippen molar-refractivity contribution >= 4 is 41.5 Å². The van der Waals surface area contributed by atoms with E-state index in [-0.39, 0.29) is 36.4 Å². The van der Waals surface area contributed by atoms with Crippen LogP contribution < -0.4 is 10.2 Å².